The fourth-order valence-electron chi connectivity index (χ4n) is 9.30. The topological polar surface area (TPSA) is 175 Å². The summed E-state index contributed by atoms with van der Waals surface area (Å²) in [7, 11) is 0. The van der Waals surface area contributed by atoms with E-state index in [4.69, 9.17) is 14.2 Å². The second kappa shape index (κ2) is 51.8. The first-order valence-electron chi connectivity index (χ1n) is 30.8. The zero-order chi connectivity index (χ0) is 54.7. The van der Waals surface area contributed by atoms with Crippen molar-refractivity contribution in [3.05, 3.63) is 72.9 Å². The minimum atomic E-state index is -1.63. The Balaban J connectivity index is 2.64. The van der Waals surface area contributed by atoms with Gasteiger partial charge in [-0.2, -0.15) is 0 Å². The molecule has 0 aromatic heterocycles. The Bertz CT molecular complexity index is 1490. The van der Waals surface area contributed by atoms with Gasteiger partial charge in [-0.1, -0.05) is 254 Å². The third-order valence-corrected chi connectivity index (χ3v) is 14.2. The Labute approximate surface area is 458 Å². The molecule has 0 spiro atoms. The number of rotatable bonds is 51. The molecule has 0 bridgehead atoms. The van der Waals surface area contributed by atoms with Gasteiger partial charge >= 0.3 is 5.97 Å². The summed E-state index contributed by atoms with van der Waals surface area (Å²) < 4.78 is 17.5. The number of carbonyl (C=O) groups is 2. The molecule has 11 nitrogen and oxygen atoms in total. The molecule has 1 fully saturated rings. The highest BCUT2D eigenvalue weighted by molar-refractivity contribution is 5.80. The molecule has 0 radical (unpaired) electrons. The molecule has 0 aliphatic carbocycles. The summed E-state index contributed by atoms with van der Waals surface area (Å²) in [5.41, 5.74) is 0. The van der Waals surface area contributed by atoms with Crippen molar-refractivity contribution in [2.75, 3.05) is 13.2 Å². The molecule has 434 valence electrons. The molecule has 1 heterocycles. The Kier molecular flexibility index (Phi) is 48.5. The number of unbranched alkanes of at least 4 members (excludes halogenated alkanes) is 30. The van der Waals surface area contributed by atoms with Crippen LogP contribution >= 0.6 is 0 Å². The normalized spacial score (nSPS) is 19.7. The zero-order valence-corrected chi connectivity index (χ0v) is 47.9. The number of nitrogens with one attached hydrogen (secondary N) is 1. The highest BCUT2D eigenvalue weighted by atomic mass is 16.7. The van der Waals surface area contributed by atoms with Gasteiger partial charge < -0.3 is 45.1 Å². The fourth-order valence-corrected chi connectivity index (χ4v) is 9.30. The van der Waals surface area contributed by atoms with Gasteiger partial charge in [-0.15, -0.1) is 0 Å². The molecule has 0 saturated carbocycles. The van der Waals surface area contributed by atoms with E-state index in [0.29, 0.717) is 12.8 Å². The van der Waals surface area contributed by atoms with Gasteiger partial charge in [0.2, 0.25) is 5.91 Å². The molecule has 8 unspecified atom stereocenters. The van der Waals surface area contributed by atoms with E-state index in [0.717, 1.165) is 64.2 Å². The lowest BCUT2D eigenvalue weighted by molar-refractivity contribution is -0.305. The SMILES string of the molecule is CC/C=C/C=C/C=C\C=C/CCCCCC(=O)OC1C(OCC(NC(=O)C(O)CCCCCCCCCCCCCC/C=C/CCCCCCCC)C(O)/C=C/CCCCCCCCCCC)OC(CO)C(O)C1O. The first-order valence-corrected chi connectivity index (χ1v) is 30.8. The Morgan fingerprint density at radius 2 is 0.973 bits per heavy atom. The number of carbonyl (C=O) groups excluding carboxylic acids is 2. The Morgan fingerprint density at radius 1 is 0.533 bits per heavy atom. The third kappa shape index (κ3) is 40.0. The molecule has 1 amide bonds. The maximum absolute atomic E-state index is 13.4. The van der Waals surface area contributed by atoms with E-state index >= 15 is 0 Å². The lowest BCUT2D eigenvalue weighted by Gasteiger charge is -2.41. The van der Waals surface area contributed by atoms with Crippen molar-refractivity contribution in [2.45, 2.75) is 307 Å². The molecule has 75 heavy (non-hydrogen) atoms. The summed E-state index contributed by atoms with van der Waals surface area (Å²) in [4.78, 5) is 26.5. The lowest BCUT2D eigenvalue weighted by atomic mass is 9.99. The van der Waals surface area contributed by atoms with Crippen molar-refractivity contribution in [1.82, 2.24) is 5.32 Å². The first-order chi connectivity index (χ1) is 36.7. The number of amides is 1. The van der Waals surface area contributed by atoms with Gasteiger partial charge in [-0.05, 0) is 70.6 Å². The van der Waals surface area contributed by atoms with Crippen molar-refractivity contribution >= 4 is 11.9 Å². The number of allylic oxidation sites excluding steroid dienone is 11. The Hall–Kier alpha value is -2.90. The summed E-state index contributed by atoms with van der Waals surface area (Å²) in [6, 6.07) is -1.03. The van der Waals surface area contributed by atoms with Crippen molar-refractivity contribution in [1.29, 1.82) is 0 Å². The maximum atomic E-state index is 13.4. The molecule has 11 heteroatoms. The van der Waals surface area contributed by atoms with Crippen LogP contribution in [0.3, 0.4) is 0 Å². The van der Waals surface area contributed by atoms with Crippen molar-refractivity contribution in [3.63, 3.8) is 0 Å². The van der Waals surface area contributed by atoms with E-state index in [9.17, 15) is 35.1 Å². The van der Waals surface area contributed by atoms with Gasteiger partial charge in [0.15, 0.2) is 12.4 Å². The molecule has 1 aliphatic rings. The molecule has 6 N–H and O–H groups in total. The van der Waals surface area contributed by atoms with E-state index in [1.807, 2.05) is 42.5 Å². The van der Waals surface area contributed by atoms with Crippen LogP contribution < -0.4 is 5.32 Å². The van der Waals surface area contributed by atoms with Crippen LogP contribution in [-0.2, 0) is 23.8 Å². The molecule has 0 aromatic rings. The van der Waals surface area contributed by atoms with Crippen LogP contribution in [0.4, 0.5) is 0 Å². The van der Waals surface area contributed by atoms with Gasteiger partial charge in [0.05, 0.1) is 25.4 Å². The average Bonchev–Trinajstić information content (AvgIpc) is 3.41. The third-order valence-electron chi connectivity index (χ3n) is 14.2. The average molecular weight is 1060 g/mol. The molecule has 1 rings (SSSR count). The summed E-state index contributed by atoms with van der Waals surface area (Å²) in [6.45, 7) is 5.61. The van der Waals surface area contributed by atoms with Crippen molar-refractivity contribution in [2.24, 2.45) is 0 Å². The number of aliphatic hydroxyl groups is 5. The van der Waals surface area contributed by atoms with Crippen LogP contribution in [0.25, 0.3) is 0 Å². The molecule has 8 atom stereocenters. The van der Waals surface area contributed by atoms with Gasteiger partial charge in [0.1, 0.15) is 24.4 Å². The first kappa shape index (κ1) is 70.1. The predicted molar refractivity (Wildman–Crippen MR) is 310 cm³/mol. The highest BCUT2D eigenvalue weighted by Crippen LogP contribution is 2.26. The summed E-state index contributed by atoms with van der Waals surface area (Å²) in [5, 5.41) is 56.9. The second-order valence-corrected chi connectivity index (χ2v) is 21.1. The molecule has 1 aliphatic heterocycles. The van der Waals surface area contributed by atoms with Crippen LogP contribution in [0.1, 0.15) is 258 Å². The van der Waals surface area contributed by atoms with Crippen LogP contribution in [0, 0.1) is 0 Å². The number of ether oxygens (including phenoxy) is 3. The largest absolute Gasteiger partial charge is 0.454 e. The van der Waals surface area contributed by atoms with Crippen molar-refractivity contribution < 1.29 is 49.3 Å². The zero-order valence-electron chi connectivity index (χ0n) is 47.9. The Morgan fingerprint density at radius 3 is 1.48 bits per heavy atom. The molecular weight excluding hydrogens is 943 g/mol. The van der Waals surface area contributed by atoms with Crippen LogP contribution in [-0.4, -0.2) is 99.6 Å². The minimum absolute atomic E-state index is 0.0757. The maximum Gasteiger partial charge on any atom is 0.306 e. The second-order valence-electron chi connectivity index (χ2n) is 21.1. The molecule has 0 aromatic carbocycles. The smallest absolute Gasteiger partial charge is 0.306 e. The van der Waals surface area contributed by atoms with E-state index in [-0.39, 0.29) is 19.4 Å². The fraction of sp³-hybridized carbons (Fsp3) is 0.781. The van der Waals surface area contributed by atoms with E-state index < -0.39 is 67.4 Å². The minimum Gasteiger partial charge on any atom is -0.454 e. The van der Waals surface area contributed by atoms with Crippen LogP contribution in [0.5, 0.6) is 0 Å². The number of esters is 1. The van der Waals surface area contributed by atoms with E-state index in [1.54, 1.807) is 6.08 Å². The van der Waals surface area contributed by atoms with Crippen LogP contribution in [0.2, 0.25) is 0 Å². The molecular formula is C64H113NO10. The van der Waals surface area contributed by atoms with Crippen molar-refractivity contribution in [3.8, 4) is 0 Å². The van der Waals surface area contributed by atoms with Gasteiger partial charge in [-0.25, -0.2) is 0 Å². The van der Waals surface area contributed by atoms with Gasteiger partial charge in [-0.3, -0.25) is 9.59 Å². The lowest BCUT2D eigenvalue weighted by Crippen LogP contribution is -2.61. The highest BCUT2D eigenvalue weighted by Gasteiger charge is 2.47. The monoisotopic (exact) mass is 1060 g/mol. The van der Waals surface area contributed by atoms with Gasteiger partial charge in [0.25, 0.3) is 0 Å². The summed E-state index contributed by atoms with van der Waals surface area (Å²) >= 11 is 0. The van der Waals surface area contributed by atoms with E-state index in [2.05, 4.69) is 50.4 Å². The quantitative estimate of drug-likeness (QED) is 0.0149. The number of aliphatic hydroxyl groups excluding tert-OH is 5. The predicted octanol–water partition coefficient (Wildman–Crippen LogP) is 14.4. The van der Waals surface area contributed by atoms with E-state index in [1.165, 1.54) is 148 Å². The van der Waals surface area contributed by atoms with Crippen LogP contribution in [0.15, 0.2) is 72.9 Å². The number of hydrogen-bond acceptors (Lipinski definition) is 10. The standard InChI is InChI=1S/C64H113NO10/c1-4-7-10-13-16-19-22-24-25-26-27-28-29-30-31-32-34-36-39-42-45-48-51-57(68)63(72)65-55(56(67)50-47-44-41-38-35-21-18-15-12-9-6-3)54-73-64-62(61(71)60(70)58(53-66)74-64)75-59(69)52-49-46-43-40-37-33-23-20-17-14-11-8-5-2/h8,11,14,17,20,23-25,33,37,47,50,55-58,60-62,64,66-68,70-71H,4-7,9-10,12-13,15-16,18-19,21-22,26-32,34-36,38-46,48-49,51-54H2,1-3H3,(H,65,72)/b11-8+,17-14+,23-20-,25-24+,37-33-,50-47+. The summed E-state index contributed by atoms with van der Waals surface area (Å²) in [6.07, 6.45) is 55.3. The molecule has 1 saturated heterocycles. The summed E-state index contributed by atoms with van der Waals surface area (Å²) in [5.74, 6) is -1.24. The number of hydrogen-bond donors (Lipinski definition) is 6. The van der Waals surface area contributed by atoms with Gasteiger partial charge in [0, 0.05) is 6.42 Å².